The third kappa shape index (κ3) is 1.65. The van der Waals surface area contributed by atoms with Crippen molar-refractivity contribution in [3.63, 3.8) is 0 Å². The average molecular weight is 257 g/mol. The van der Waals surface area contributed by atoms with Gasteiger partial charge in [0.2, 0.25) is 0 Å². The number of aromatic nitrogens is 2. The molecule has 0 aliphatic carbocycles. The molecule has 3 nitrogen and oxygen atoms in total. The zero-order chi connectivity index (χ0) is 12.7. The van der Waals surface area contributed by atoms with Gasteiger partial charge in [-0.3, -0.25) is 0 Å². The number of thiophene rings is 1. The molecule has 2 heterocycles. The van der Waals surface area contributed by atoms with Crippen molar-refractivity contribution in [3.05, 3.63) is 40.8 Å². The van der Waals surface area contributed by atoms with Gasteiger partial charge < -0.3 is 10.3 Å². The molecule has 92 valence electrons. The molecular formula is C14H15N3S. The predicted molar refractivity (Wildman–Crippen MR) is 76.7 cm³/mol. The second kappa shape index (κ2) is 4.23. The molecule has 0 fully saturated rings. The Morgan fingerprint density at radius 1 is 1.33 bits per heavy atom. The molecule has 4 heteroatoms. The van der Waals surface area contributed by atoms with Gasteiger partial charge in [-0.25, -0.2) is 4.98 Å². The van der Waals surface area contributed by atoms with Gasteiger partial charge >= 0.3 is 0 Å². The van der Waals surface area contributed by atoms with E-state index in [9.17, 15) is 0 Å². The van der Waals surface area contributed by atoms with Crippen molar-refractivity contribution < 1.29 is 0 Å². The molecule has 0 saturated carbocycles. The molecule has 3 rings (SSSR count). The van der Waals surface area contributed by atoms with Crippen molar-refractivity contribution in [1.82, 2.24) is 9.55 Å². The number of rotatable bonds is 2. The van der Waals surface area contributed by atoms with E-state index in [4.69, 9.17) is 10.7 Å². The maximum Gasteiger partial charge on any atom is 0.151 e. The van der Waals surface area contributed by atoms with Crippen LogP contribution in [0.25, 0.3) is 21.7 Å². The van der Waals surface area contributed by atoms with Crippen LogP contribution in [0, 0.1) is 6.92 Å². The van der Waals surface area contributed by atoms with E-state index >= 15 is 0 Å². The summed E-state index contributed by atoms with van der Waals surface area (Å²) in [5.74, 6) is 1.03. The van der Waals surface area contributed by atoms with E-state index in [2.05, 4.69) is 48.2 Å². The smallest absolute Gasteiger partial charge is 0.151 e. The zero-order valence-corrected chi connectivity index (χ0v) is 11.3. The fourth-order valence-corrected chi connectivity index (χ4v) is 3.13. The van der Waals surface area contributed by atoms with Gasteiger partial charge in [-0.2, -0.15) is 0 Å². The van der Waals surface area contributed by atoms with Crippen LogP contribution in [0.2, 0.25) is 0 Å². The maximum atomic E-state index is 5.67. The van der Waals surface area contributed by atoms with E-state index < -0.39 is 0 Å². The zero-order valence-electron chi connectivity index (χ0n) is 10.5. The Morgan fingerprint density at radius 2 is 2.17 bits per heavy atom. The molecule has 0 bridgehead atoms. The largest absolute Gasteiger partial charge is 0.326 e. The van der Waals surface area contributed by atoms with E-state index in [1.165, 1.54) is 10.4 Å². The van der Waals surface area contributed by atoms with Crippen molar-refractivity contribution in [2.24, 2.45) is 12.8 Å². The quantitative estimate of drug-likeness (QED) is 0.766. The lowest BCUT2D eigenvalue weighted by atomic mass is 10.2. The third-order valence-electron chi connectivity index (χ3n) is 3.25. The van der Waals surface area contributed by atoms with E-state index in [0.29, 0.717) is 6.54 Å². The first-order chi connectivity index (χ1) is 8.70. The van der Waals surface area contributed by atoms with E-state index in [-0.39, 0.29) is 0 Å². The van der Waals surface area contributed by atoms with Gasteiger partial charge in [-0.05, 0) is 41.6 Å². The summed E-state index contributed by atoms with van der Waals surface area (Å²) in [6, 6.07) is 8.36. The third-order valence-corrected chi connectivity index (χ3v) is 4.26. The Morgan fingerprint density at radius 3 is 2.83 bits per heavy atom. The van der Waals surface area contributed by atoms with Gasteiger partial charge in [0.15, 0.2) is 5.82 Å². The SMILES string of the molecule is Cc1ccsc1-c1nc2cc(CN)ccc2n1C. The molecule has 0 aliphatic rings. The van der Waals surface area contributed by atoms with Gasteiger partial charge in [-0.15, -0.1) is 11.3 Å². The van der Waals surface area contributed by atoms with Crippen LogP contribution in [0.4, 0.5) is 0 Å². The molecule has 3 aromatic rings. The molecule has 0 aliphatic heterocycles. The highest BCUT2D eigenvalue weighted by atomic mass is 32.1. The number of fused-ring (bicyclic) bond motifs is 1. The Hall–Kier alpha value is -1.65. The number of imidazole rings is 1. The number of nitrogens with zero attached hydrogens (tertiary/aromatic N) is 2. The number of nitrogens with two attached hydrogens (primary N) is 1. The summed E-state index contributed by atoms with van der Waals surface area (Å²) in [4.78, 5) is 5.98. The Balaban J connectivity index is 2.25. The van der Waals surface area contributed by atoms with Crippen molar-refractivity contribution in [2.75, 3.05) is 0 Å². The molecule has 0 saturated heterocycles. The minimum Gasteiger partial charge on any atom is -0.326 e. The van der Waals surface area contributed by atoms with Gasteiger partial charge in [-0.1, -0.05) is 6.07 Å². The molecule has 0 amide bonds. The molecule has 0 unspecified atom stereocenters. The lowest BCUT2D eigenvalue weighted by Crippen LogP contribution is -1.95. The number of benzene rings is 1. The first-order valence-corrected chi connectivity index (χ1v) is 6.78. The summed E-state index contributed by atoms with van der Waals surface area (Å²) in [6.45, 7) is 2.68. The van der Waals surface area contributed by atoms with E-state index in [0.717, 1.165) is 22.4 Å². The summed E-state index contributed by atoms with van der Waals surface area (Å²) >= 11 is 1.73. The normalized spacial score (nSPS) is 11.3. The first-order valence-electron chi connectivity index (χ1n) is 5.90. The second-order valence-corrected chi connectivity index (χ2v) is 5.37. The molecule has 1 aromatic carbocycles. The van der Waals surface area contributed by atoms with Crippen LogP contribution in [0.3, 0.4) is 0 Å². The monoisotopic (exact) mass is 257 g/mol. The number of hydrogen-bond donors (Lipinski definition) is 1. The highest BCUT2D eigenvalue weighted by Gasteiger charge is 2.12. The Labute approximate surface area is 110 Å². The van der Waals surface area contributed by atoms with Crippen molar-refractivity contribution >= 4 is 22.4 Å². The number of hydrogen-bond acceptors (Lipinski definition) is 3. The minimum atomic E-state index is 0.555. The molecular weight excluding hydrogens is 242 g/mol. The molecule has 0 atom stereocenters. The lowest BCUT2D eigenvalue weighted by molar-refractivity contribution is 0.961. The summed E-state index contributed by atoms with van der Waals surface area (Å²) < 4.78 is 2.15. The van der Waals surface area contributed by atoms with Crippen molar-refractivity contribution in [3.8, 4) is 10.7 Å². The summed E-state index contributed by atoms with van der Waals surface area (Å²) in [5.41, 5.74) is 10.2. The Kier molecular flexibility index (Phi) is 2.69. The predicted octanol–water partition coefficient (Wildman–Crippen LogP) is 3.07. The minimum absolute atomic E-state index is 0.555. The molecule has 2 aromatic heterocycles. The topological polar surface area (TPSA) is 43.8 Å². The van der Waals surface area contributed by atoms with Crippen LogP contribution < -0.4 is 5.73 Å². The summed E-state index contributed by atoms with van der Waals surface area (Å²) in [6.07, 6.45) is 0. The first kappa shape index (κ1) is 11.4. The van der Waals surface area contributed by atoms with Gasteiger partial charge in [0.1, 0.15) is 0 Å². The fraction of sp³-hybridized carbons (Fsp3) is 0.214. The standard InChI is InChI=1S/C14H15N3S/c1-9-5-6-18-13(9)14-16-11-7-10(8-15)3-4-12(11)17(14)2/h3-7H,8,15H2,1-2H3. The maximum absolute atomic E-state index is 5.67. The molecule has 0 spiro atoms. The van der Waals surface area contributed by atoms with E-state index in [1.54, 1.807) is 11.3 Å². The van der Waals surface area contributed by atoms with Crippen molar-refractivity contribution in [1.29, 1.82) is 0 Å². The van der Waals surface area contributed by atoms with Gasteiger partial charge in [0.25, 0.3) is 0 Å². The summed E-state index contributed by atoms with van der Waals surface area (Å²) in [5, 5.41) is 2.11. The van der Waals surface area contributed by atoms with Crippen molar-refractivity contribution in [2.45, 2.75) is 13.5 Å². The van der Waals surface area contributed by atoms with Gasteiger partial charge in [0.05, 0.1) is 15.9 Å². The molecule has 0 radical (unpaired) electrons. The van der Waals surface area contributed by atoms with Crippen LogP contribution in [0.1, 0.15) is 11.1 Å². The van der Waals surface area contributed by atoms with Crippen LogP contribution in [-0.4, -0.2) is 9.55 Å². The molecule has 18 heavy (non-hydrogen) atoms. The fourth-order valence-electron chi connectivity index (χ4n) is 2.18. The highest BCUT2D eigenvalue weighted by Crippen LogP contribution is 2.30. The number of aryl methyl sites for hydroxylation is 2. The van der Waals surface area contributed by atoms with Crippen LogP contribution in [0.15, 0.2) is 29.6 Å². The average Bonchev–Trinajstić information content (AvgIpc) is 2.93. The van der Waals surface area contributed by atoms with Crippen LogP contribution >= 0.6 is 11.3 Å². The lowest BCUT2D eigenvalue weighted by Gasteiger charge is -2.01. The molecule has 2 N–H and O–H groups in total. The summed E-state index contributed by atoms with van der Waals surface area (Å²) in [7, 11) is 2.06. The van der Waals surface area contributed by atoms with Gasteiger partial charge in [0, 0.05) is 13.6 Å². The second-order valence-electron chi connectivity index (χ2n) is 4.45. The Bertz CT molecular complexity index is 709. The van der Waals surface area contributed by atoms with Crippen LogP contribution in [-0.2, 0) is 13.6 Å². The van der Waals surface area contributed by atoms with Crippen LogP contribution in [0.5, 0.6) is 0 Å². The van der Waals surface area contributed by atoms with E-state index in [1.807, 2.05) is 0 Å². The highest BCUT2D eigenvalue weighted by molar-refractivity contribution is 7.13.